The van der Waals surface area contributed by atoms with Gasteiger partial charge in [-0.2, -0.15) is 0 Å². The zero-order valence-corrected chi connectivity index (χ0v) is 12.0. The van der Waals surface area contributed by atoms with E-state index in [0.29, 0.717) is 28.0 Å². The molecule has 108 valence electrons. The van der Waals surface area contributed by atoms with Gasteiger partial charge in [-0.15, -0.1) is 0 Å². The molecule has 3 rings (SSSR count). The number of aromatic nitrogens is 1. The Labute approximate surface area is 121 Å². The number of phenols is 2. The summed E-state index contributed by atoms with van der Waals surface area (Å²) in [6, 6.07) is 7.28. The van der Waals surface area contributed by atoms with Gasteiger partial charge in [0.2, 0.25) is 5.58 Å². The SMILES string of the molecule is COc1cccc(-c2noc3c(O)c(C)c(C)c(O)c23)c1. The smallest absolute Gasteiger partial charge is 0.213 e. The maximum Gasteiger partial charge on any atom is 0.213 e. The summed E-state index contributed by atoms with van der Waals surface area (Å²) in [5.74, 6) is 0.748. The summed E-state index contributed by atoms with van der Waals surface area (Å²) in [6.45, 7) is 3.46. The van der Waals surface area contributed by atoms with Gasteiger partial charge in [0.15, 0.2) is 5.75 Å². The Bertz CT molecular complexity index is 836. The lowest BCUT2D eigenvalue weighted by Crippen LogP contribution is -1.87. The second-order valence-electron chi connectivity index (χ2n) is 4.91. The quantitative estimate of drug-likeness (QED) is 0.704. The Morgan fingerprint density at radius 1 is 1.10 bits per heavy atom. The lowest BCUT2D eigenvalue weighted by Gasteiger charge is -2.07. The predicted octanol–water partition coefficient (Wildman–Crippen LogP) is 3.53. The molecule has 0 bridgehead atoms. The minimum absolute atomic E-state index is 0.00180. The molecule has 0 atom stereocenters. The van der Waals surface area contributed by atoms with Crippen molar-refractivity contribution in [2.45, 2.75) is 13.8 Å². The fourth-order valence-corrected chi connectivity index (χ4v) is 2.35. The number of ether oxygens (including phenoxy) is 1. The third-order valence-electron chi connectivity index (χ3n) is 3.76. The molecule has 3 aromatic rings. The average Bonchev–Trinajstić information content (AvgIpc) is 2.96. The lowest BCUT2D eigenvalue weighted by molar-refractivity contribution is 0.414. The van der Waals surface area contributed by atoms with Crippen LogP contribution in [0.15, 0.2) is 28.8 Å². The first-order chi connectivity index (χ1) is 10.0. The van der Waals surface area contributed by atoms with Gasteiger partial charge in [0.05, 0.1) is 12.5 Å². The first-order valence-electron chi connectivity index (χ1n) is 6.49. The van der Waals surface area contributed by atoms with Crippen molar-refractivity contribution in [1.82, 2.24) is 5.16 Å². The Morgan fingerprint density at radius 3 is 2.52 bits per heavy atom. The summed E-state index contributed by atoms with van der Waals surface area (Å²) < 4.78 is 10.4. The fraction of sp³-hybridized carbons (Fsp3) is 0.188. The number of hydrogen-bond acceptors (Lipinski definition) is 5. The van der Waals surface area contributed by atoms with E-state index in [4.69, 9.17) is 9.26 Å². The molecule has 2 aromatic carbocycles. The van der Waals surface area contributed by atoms with Gasteiger partial charge >= 0.3 is 0 Å². The highest BCUT2D eigenvalue weighted by Crippen LogP contribution is 2.43. The number of hydrogen-bond donors (Lipinski definition) is 2. The van der Waals surface area contributed by atoms with E-state index in [2.05, 4.69) is 5.16 Å². The molecule has 5 nitrogen and oxygen atoms in total. The van der Waals surface area contributed by atoms with Crippen molar-refractivity contribution in [3.63, 3.8) is 0 Å². The molecule has 0 unspecified atom stereocenters. The molecule has 0 aliphatic carbocycles. The third-order valence-corrected chi connectivity index (χ3v) is 3.76. The average molecular weight is 285 g/mol. The molecule has 0 fully saturated rings. The Balaban J connectivity index is 2.34. The number of phenolic OH excluding ortho intramolecular Hbond substituents is 2. The van der Waals surface area contributed by atoms with Crippen molar-refractivity contribution in [3.8, 4) is 28.5 Å². The maximum absolute atomic E-state index is 10.4. The van der Waals surface area contributed by atoms with Crippen molar-refractivity contribution in [2.24, 2.45) is 0 Å². The molecule has 1 aromatic heterocycles. The van der Waals surface area contributed by atoms with E-state index < -0.39 is 0 Å². The number of benzene rings is 2. The van der Waals surface area contributed by atoms with Gasteiger partial charge in [0.1, 0.15) is 17.2 Å². The molecular formula is C16H15NO4. The molecule has 0 spiro atoms. The maximum atomic E-state index is 10.4. The van der Waals surface area contributed by atoms with Crippen LogP contribution in [-0.4, -0.2) is 22.5 Å². The highest BCUT2D eigenvalue weighted by molar-refractivity contribution is 6.00. The van der Waals surface area contributed by atoms with E-state index in [9.17, 15) is 10.2 Å². The Hall–Kier alpha value is -2.69. The second-order valence-corrected chi connectivity index (χ2v) is 4.91. The van der Waals surface area contributed by atoms with Crippen LogP contribution in [0, 0.1) is 13.8 Å². The molecule has 2 N–H and O–H groups in total. The van der Waals surface area contributed by atoms with Gasteiger partial charge < -0.3 is 19.5 Å². The lowest BCUT2D eigenvalue weighted by atomic mass is 10.0. The first kappa shape index (κ1) is 13.3. The molecule has 5 heteroatoms. The summed E-state index contributed by atoms with van der Waals surface area (Å²) in [5, 5.41) is 24.9. The Morgan fingerprint density at radius 2 is 1.81 bits per heavy atom. The van der Waals surface area contributed by atoms with E-state index in [0.717, 1.165) is 5.56 Å². The minimum Gasteiger partial charge on any atom is -0.507 e. The van der Waals surface area contributed by atoms with E-state index in [-0.39, 0.29) is 17.1 Å². The summed E-state index contributed by atoms with van der Waals surface area (Å²) in [4.78, 5) is 0. The number of aromatic hydroxyl groups is 2. The van der Waals surface area contributed by atoms with Crippen LogP contribution in [-0.2, 0) is 0 Å². The molecule has 0 aliphatic rings. The monoisotopic (exact) mass is 285 g/mol. The number of rotatable bonds is 2. The fourth-order valence-electron chi connectivity index (χ4n) is 2.35. The number of methoxy groups -OCH3 is 1. The normalized spacial score (nSPS) is 11.0. The van der Waals surface area contributed by atoms with Crippen molar-refractivity contribution in [1.29, 1.82) is 0 Å². The molecule has 0 saturated carbocycles. The molecule has 0 amide bonds. The summed E-state index contributed by atoms with van der Waals surface area (Å²) >= 11 is 0. The van der Waals surface area contributed by atoms with E-state index in [1.54, 1.807) is 27.0 Å². The van der Waals surface area contributed by atoms with Crippen molar-refractivity contribution in [3.05, 3.63) is 35.4 Å². The predicted molar refractivity (Wildman–Crippen MR) is 78.8 cm³/mol. The topological polar surface area (TPSA) is 75.7 Å². The van der Waals surface area contributed by atoms with Crippen LogP contribution in [0.5, 0.6) is 17.2 Å². The van der Waals surface area contributed by atoms with Gasteiger partial charge in [-0.1, -0.05) is 17.3 Å². The molecule has 1 heterocycles. The van der Waals surface area contributed by atoms with Crippen molar-refractivity contribution >= 4 is 11.0 Å². The van der Waals surface area contributed by atoms with Crippen LogP contribution in [0.4, 0.5) is 0 Å². The largest absolute Gasteiger partial charge is 0.507 e. The second kappa shape index (κ2) is 4.70. The minimum atomic E-state index is 0.00180. The van der Waals surface area contributed by atoms with Gasteiger partial charge in [0, 0.05) is 11.1 Å². The molecule has 0 saturated heterocycles. The first-order valence-corrected chi connectivity index (χ1v) is 6.49. The van der Waals surface area contributed by atoms with Crippen LogP contribution >= 0.6 is 0 Å². The van der Waals surface area contributed by atoms with Gasteiger partial charge in [0.25, 0.3) is 0 Å². The molecule has 0 radical (unpaired) electrons. The van der Waals surface area contributed by atoms with Gasteiger partial charge in [-0.25, -0.2) is 0 Å². The van der Waals surface area contributed by atoms with E-state index in [1.165, 1.54) is 0 Å². The zero-order valence-electron chi connectivity index (χ0n) is 12.0. The molecule has 0 aliphatic heterocycles. The molecular weight excluding hydrogens is 270 g/mol. The van der Waals surface area contributed by atoms with Gasteiger partial charge in [-0.3, -0.25) is 0 Å². The Kier molecular flexibility index (Phi) is 2.97. The van der Waals surface area contributed by atoms with Crippen LogP contribution in [0.3, 0.4) is 0 Å². The standard InChI is InChI=1S/C16H15NO4/c1-8-9(2)15(19)16-12(14(8)18)13(17-21-16)10-5-4-6-11(7-10)20-3/h4-7,18-19H,1-3H3. The van der Waals surface area contributed by atoms with Gasteiger partial charge in [-0.05, 0) is 31.5 Å². The van der Waals surface area contributed by atoms with Crippen LogP contribution < -0.4 is 4.74 Å². The third kappa shape index (κ3) is 1.89. The number of fused-ring (bicyclic) bond motifs is 1. The zero-order chi connectivity index (χ0) is 15.1. The van der Waals surface area contributed by atoms with Crippen LogP contribution in [0.1, 0.15) is 11.1 Å². The highest BCUT2D eigenvalue weighted by Gasteiger charge is 2.22. The van der Waals surface area contributed by atoms with Crippen molar-refractivity contribution in [2.75, 3.05) is 7.11 Å². The van der Waals surface area contributed by atoms with Crippen molar-refractivity contribution < 1.29 is 19.5 Å². The van der Waals surface area contributed by atoms with E-state index in [1.807, 2.05) is 18.2 Å². The summed E-state index contributed by atoms with van der Waals surface area (Å²) in [7, 11) is 1.58. The number of nitrogens with zero attached hydrogens (tertiary/aromatic N) is 1. The summed E-state index contributed by atoms with van der Waals surface area (Å²) in [6.07, 6.45) is 0. The molecule has 21 heavy (non-hydrogen) atoms. The van der Waals surface area contributed by atoms with Crippen LogP contribution in [0.25, 0.3) is 22.2 Å². The van der Waals surface area contributed by atoms with E-state index >= 15 is 0 Å². The van der Waals surface area contributed by atoms with Crippen LogP contribution in [0.2, 0.25) is 0 Å². The highest BCUT2D eigenvalue weighted by atomic mass is 16.5. The summed E-state index contributed by atoms with van der Waals surface area (Å²) in [5.41, 5.74) is 2.58.